The molecule has 3 N–H and O–H groups in total. The maximum Gasteiger partial charge on any atom is 0.573 e. The molecule has 2 aromatic heterocycles. The molecule has 3 heterocycles. The number of carbonyl (C=O) groups excluding carboxylic acids is 1. The quantitative estimate of drug-likeness (QED) is 0.549. The number of fused-ring (bicyclic) bond motifs is 1. The molecule has 0 aliphatic carbocycles. The second-order valence-electron chi connectivity index (χ2n) is 6.75. The van der Waals surface area contributed by atoms with E-state index in [1.165, 1.54) is 30.6 Å². The van der Waals surface area contributed by atoms with E-state index in [0.29, 0.717) is 11.4 Å². The molecule has 3 aromatic rings. The van der Waals surface area contributed by atoms with Gasteiger partial charge in [-0.2, -0.15) is 0 Å². The van der Waals surface area contributed by atoms with Gasteiger partial charge in [0.2, 0.25) is 5.56 Å². The summed E-state index contributed by atoms with van der Waals surface area (Å²) < 4.78 is 55.6. The fourth-order valence-corrected chi connectivity index (χ4v) is 3.41. The van der Waals surface area contributed by atoms with Gasteiger partial charge in [0.05, 0.1) is 16.9 Å². The molecule has 1 unspecified atom stereocenters. The highest BCUT2D eigenvalue weighted by Gasteiger charge is 2.44. The van der Waals surface area contributed by atoms with E-state index in [4.69, 9.17) is 0 Å². The Balaban J connectivity index is 1.78. The molecule has 0 bridgehead atoms. The van der Waals surface area contributed by atoms with Crippen LogP contribution in [0.15, 0.2) is 59.7 Å². The third-order valence-corrected chi connectivity index (χ3v) is 4.78. The second kappa shape index (κ2) is 7.42. The van der Waals surface area contributed by atoms with E-state index in [-0.39, 0.29) is 17.7 Å². The van der Waals surface area contributed by atoms with Crippen LogP contribution in [0.25, 0.3) is 0 Å². The van der Waals surface area contributed by atoms with Crippen LogP contribution in [0.2, 0.25) is 0 Å². The van der Waals surface area contributed by atoms with E-state index >= 15 is 0 Å². The smallest absolute Gasteiger partial charge is 0.403 e. The van der Waals surface area contributed by atoms with Crippen molar-refractivity contribution in [3.05, 3.63) is 87.9 Å². The standard InChI is InChI=1S/C20H14F4N4O3/c21-13-8-12(4-5-15(13)31-20(22,23)24)19(10-27-14-2-1-7-25-17(14)19)28-18(30)11-3-6-16(29)26-9-11/h1-9,27H,10H2,(H,26,29)(H,28,30). The van der Waals surface area contributed by atoms with Gasteiger partial charge in [-0.25, -0.2) is 4.39 Å². The molecule has 4 rings (SSSR count). The highest BCUT2D eigenvalue weighted by atomic mass is 19.4. The van der Waals surface area contributed by atoms with Gasteiger partial charge in [0.1, 0.15) is 5.54 Å². The predicted molar refractivity (Wildman–Crippen MR) is 101 cm³/mol. The summed E-state index contributed by atoms with van der Waals surface area (Å²) in [7, 11) is 0. The van der Waals surface area contributed by atoms with Crippen molar-refractivity contribution >= 4 is 11.6 Å². The van der Waals surface area contributed by atoms with Crippen LogP contribution in [0.4, 0.5) is 23.2 Å². The van der Waals surface area contributed by atoms with Gasteiger partial charge in [-0.1, -0.05) is 6.07 Å². The summed E-state index contributed by atoms with van der Waals surface area (Å²) in [5.41, 5.74) is -0.579. The molecule has 1 amide bonds. The Kier molecular flexibility index (Phi) is 4.88. The Hall–Kier alpha value is -3.89. The topological polar surface area (TPSA) is 96.1 Å². The highest BCUT2D eigenvalue weighted by Crippen LogP contribution is 2.40. The number of hydrogen-bond acceptors (Lipinski definition) is 5. The fraction of sp³-hybridized carbons (Fsp3) is 0.150. The van der Waals surface area contributed by atoms with Crippen LogP contribution in [0.3, 0.4) is 0 Å². The van der Waals surface area contributed by atoms with Gasteiger partial charge >= 0.3 is 6.36 Å². The third-order valence-electron chi connectivity index (χ3n) is 4.78. The number of benzene rings is 1. The Morgan fingerprint density at radius 1 is 1.19 bits per heavy atom. The number of rotatable bonds is 4. The lowest BCUT2D eigenvalue weighted by Gasteiger charge is -2.30. The molecule has 11 heteroatoms. The first-order valence-corrected chi connectivity index (χ1v) is 8.94. The van der Waals surface area contributed by atoms with Gasteiger partial charge in [-0.15, -0.1) is 13.2 Å². The van der Waals surface area contributed by atoms with Crippen LogP contribution < -0.4 is 20.9 Å². The number of aromatic nitrogens is 2. The summed E-state index contributed by atoms with van der Waals surface area (Å²) in [5.74, 6) is -2.85. The van der Waals surface area contributed by atoms with Gasteiger partial charge in [0.25, 0.3) is 5.91 Å². The molecule has 7 nitrogen and oxygen atoms in total. The number of nitrogens with zero attached hydrogens (tertiary/aromatic N) is 1. The summed E-state index contributed by atoms with van der Waals surface area (Å²) in [5, 5.41) is 5.84. The lowest BCUT2D eigenvalue weighted by Crippen LogP contribution is -2.49. The van der Waals surface area contributed by atoms with Gasteiger partial charge < -0.3 is 20.4 Å². The van der Waals surface area contributed by atoms with Crippen molar-refractivity contribution in [1.29, 1.82) is 0 Å². The summed E-state index contributed by atoms with van der Waals surface area (Å²) in [4.78, 5) is 30.8. The first-order valence-electron chi connectivity index (χ1n) is 8.94. The maximum atomic E-state index is 14.5. The number of nitrogens with one attached hydrogen (secondary N) is 3. The monoisotopic (exact) mass is 434 g/mol. The van der Waals surface area contributed by atoms with Crippen molar-refractivity contribution in [1.82, 2.24) is 15.3 Å². The van der Waals surface area contributed by atoms with Crippen LogP contribution >= 0.6 is 0 Å². The Labute approximate surface area is 172 Å². The van der Waals surface area contributed by atoms with E-state index in [1.54, 1.807) is 12.1 Å². The van der Waals surface area contributed by atoms with Gasteiger partial charge in [-0.3, -0.25) is 14.6 Å². The minimum Gasteiger partial charge on any atom is -0.403 e. The molecule has 1 aromatic carbocycles. The average molecular weight is 434 g/mol. The molecule has 0 spiro atoms. The minimum absolute atomic E-state index is 0.0629. The lowest BCUT2D eigenvalue weighted by molar-refractivity contribution is -0.275. The Bertz CT molecular complexity index is 1190. The number of alkyl halides is 3. The Morgan fingerprint density at radius 3 is 2.68 bits per heavy atom. The van der Waals surface area contributed by atoms with Crippen LogP contribution in [-0.2, 0) is 5.54 Å². The molecule has 0 radical (unpaired) electrons. The van der Waals surface area contributed by atoms with E-state index in [2.05, 4.69) is 25.3 Å². The largest absolute Gasteiger partial charge is 0.573 e. The van der Waals surface area contributed by atoms with Crippen LogP contribution in [-0.4, -0.2) is 28.8 Å². The molecule has 0 fully saturated rings. The maximum absolute atomic E-state index is 14.5. The third kappa shape index (κ3) is 3.93. The summed E-state index contributed by atoms with van der Waals surface area (Å²) in [6, 6.07) is 8.77. The number of hydrogen-bond donors (Lipinski definition) is 3. The molecule has 1 atom stereocenters. The summed E-state index contributed by atoms with van der Waals surface area (Å²) in [6.45, 7) is 0.0629. The fourth-order valence-electron chi connectivity index (χ4n) is 3.41. The van der Waals surface area contributed by atoms with Crippen molar-refractivity contribution in [2.45, 2.75) is 11.9 Å². The van der Waals surface area contributed by atoms with Crippen LogP contribution in [0.1, 0.15) is 21.6 Å². The SMILES string of the molecule is O=C(NC1(c2ccc(OC(F)(F)F)c(F)c2)CNc2cccnc21)c1ccc(=O)[nH]c1. The number of ether oxygens (including phenoxy) is 1. The average Bonchev–Trinajstić information content (AvgIpc) is 3.09. The van der Waals surface area contributed by atoms with Crippen LogP contribution in [0.5, 0.6) is 5.75 Å². The highest BCUT2D eigenvalue weighted by molar-refractivity contribution is 5.95. The van der Waals surface area contributed by atoms with Crippen LogP contribution in [0, 0.1) is 5.82 Å². The van der Waals surface area contributed by atoms with E-state index in [9.17, 15) is 27.2 Å². The van der Waals surface area contributed by atoms with Crippen molar-refractivity contribution in [3.8, 4) is 5.75 Å². The summed E-state index contributed by atoms with van der Waals surface area (Å²) >= 11 is 0. The number of H-pyrrole nitrogens is 1. The summed E-state index contributed by atoms with van der Waals surface area (Å²) in [6.07, 6.45) is -2.36. The molecule has 1 aliphatic rings. The normalized spacial score (nSPS) is 17.5. The van der Waals surface area contributed by atoms with E-state index < -0.39 is 34.9 Å². The minimum atomic E-state index is -5.05. The predicted octanol–water partition coefficient (Wildman–Crippen LogP) is 2.91. The van der Waals surface area contributed by atoms with Crippen molar-refractivity contribution in [2.75, 3.05) is 11.9 Å². The van der Waals surface area contributed by atoms with Gasteiger partial charge in [0, 0.05) is 25.0 Å². The van der Waals surface area contributed by atoms with E-state index in [0.717, 1.165) is 12.1 Å². The molecule has 0 saturated carbocycles. The van der Waals surface area contributed by atoms with Crippen molar-refractivity contribution in [2.24, 2.45) is 0 Å². The Morgan fingerprint density at radius 2 is 2.00 bits per heavy atom. The first-order chi connectivity index (χ1) is 14.7. The molecule has 0 saturated heterocycles. The zero-order chi connectivity index (χ0) is 22.2. The molecule has 31 heavy (non-hydrogen) atoms. The second-order valence-corrected chi connectivity index (χ2v) is 6.75. The number of halogens is 4. The molecule has 160 valence electrons. The zero-order valence-corrected chi connectivity index (χ0v) is 15.6. The molecular formula is C20H14F4N4O3. The number of aromatic amines is 1. The molecule has 1 aliphatic heterocycles. The number of carbonyl (C=O) groups is 1. The van der Waals surface area contributed by atoms with Crippen molar-refractivity contribution < 1.29 is 27.1 Å². The molecular weight excluding hydrogens is 420 g/mol. The van der Waals surface area contributed by atoms with E-state index in [1.807, 2.05) is 0 Å². The zero-order valence-electron chi connectivity index (χ0n) is 15.6. The number of amides is 1. The van der Waals surface area contributed by atoms with Gasteiger partial charge in [0.15, 0.2) is 11.6 Å². The number of pyridine rings is 2. The van der Waals surface area contributed by atoms with Gasteiger partial charge in [-0.05, 0) is 35.9 Å². The number of anilines is 1. The van der Waals surface area contributed by atoms with Crippen molar-refractivity contribution in [3.63, 3.8) is 0 Å². The lowest BCUT2D eigenvalue weighted by atomic mass is 9.87. The first kappa shape index (κ1) is 20.4.